The van der Waals surface area contributed by atoms with Gasteiger partial charge in [-0.05, 0) is 17.0 Å². The van der Waals surface area contributed by atoms with E-state index in [-0.39, 0.29) is 39.7 Å². The van der Waals surface area contributed by atoms with Crippen molar-refractivity contribution in [3.63, 3.8) is 0 Å². The molecule has 0 amide bonds. The Labute approximate surface area is 200 Å². The van der Waals surface area contributed by atoms with Crippen molar-refractivity contribution in [1.29, 1.82) is 0 Å². The summed E-state index contributed by atoms with van der Waals surface area (Å²) in [6.45, 7) is 6.26. The van der Waals surface area contributed by atoms with Gasteiger partial charge in [-0.1, -0.05) is 34.5 Å². The molecule has 2 aliphatic carbocycles. The van der Waals surface area contributed by atoms with Gasteiger partial charge in [0.15, 0.2) is 0 Å². The van der Waals surface area contributed by atoms with Gasteiger partial charge in [0.25, 0.3) is 0 Å². The van der Waals surface area contributed by atoms with Gasteiger partial charge in [-0.15, -0.1) is 66.3 Å². The van der Waals surface area contributed by atoms with Crippen LogP contribution in [-0.2, 0) is 23.3 Å². The molecule has 6 heteroatoms. The minimum absolute atomic E-state index is 0. The number of rotatable bonds is 0. The van der Waals surface area contributed by atoms with Crippen LogP contribution in [0.2, 0.25) is 0 Å². The molecular weight excluding hydrogens is 542 g/mol. The fraction of sp³-hybridized carbons (Fsp3) is 0.200. The molecule has 0 N–H and O–H groups in total. The first-order chi connectivity index (χ1) is 10.6. The average molecular weight is 568 g/mol. The standard InChI is InChI=1S/C13H10BrS.C5H5.2CH3.2ClH.H2Si.Zr/c1-7-3-9-5-12-11(6-13(14)15-12)8(2)10(9)4-7;1-2-4-5-3-1;;;;;;/h4-6,13H,1-2H3;1-3H,4H2;2*1H3;2*1H;1H2;/q4*-1;;;;. The summed E-state index contributed by atoms with van der Waals surface area (Å²) in [7, 11) is 0. The Morgan fingerprint density at radius 2 is 1.88 bits per heavy atom. The van der Waals surface area contributed by atoms with Gasteiger partial charge in [0.1, 0.15) is 0 Å². The molecule has 0 saturated heterocycles. The monoisotopic (exact) mass is 564 g/mol. The summed E-state index contributed by atoms with van der Waals surface area (Å²) in [5.74, 6) is 0. The SMILES string of the molecule is CC1=Cc2c(C)c3c(cc2=[C-]1)SC(Br)C=3.Cl.Cl.[C-]1=CC=CC1.[CH3-].[CH3-].[SiH2]=[Zr]. The number of hydrogen-bond acceptors (Lipinski definition) is 1. The normalized spacial score (nSPS) is 15.9. The van der Waals surface area contributed by atoms with Gasteiger partial charge in [0.2, 0.25) is 0 Å². The van der Waals surface area contributed by atoms with Crippen molar-refractivity contribution in [3.8, 4) is 0 Å². The van der Waals surface area contributed by atoms with Crippen molar-refractivity contribution in [1.82, 2.24) is 0 Å². The van der Waals surface area contributed by atoms with E-state index in [0.717, 1.165) is 6.42 Å². The number of fused-ring (bicyclic) bond motifs is 2. The van der Waals surface area contributed by atoms with Crippen molar-refractivity contribution in [3.05, 3.63) is 72.4 Å². The summed E-state index contributed by atoms with van der Waals surface area (Å²) >= 11 is 7.07. The van der Waals surface area contributed by atoms with Crippen molar-refractivity contribution in [2.75, 3.05) is 0 Å². The molecule has 0 aromatic heterocycles. The van der Waals surface area contributed by atoms with Crippen LogP contribution in [0.1, 0.15) is 24.5 Å². The van der Waals surface area contributed by atoms with E-state index in [1.165, 1.54) is 32.0 Å². The molecule has 1 atom stereocenters. The Hall–Kier alpha value is 0.690. The summed E-state index contributed by atoms with van der Waals surface area (Å²) in [5, 5.41) is 2.65. The number of thioether (sulfide) groups is 1. The minimum atomic E-state index is 0. The molecule has 0 bridgehead atoms. The molecule has 1 heterocycles. The molecule has 1 aliphatic heterocycles. The van der Waals surface area contributed by atoms with Gasteiger partial charge in [0, 0.05) is 0 Å². The quantitative estimate of drug-likeness (QED) is 0.247. The van der Waals surface area contributed by atoms with E-state index in [1.54, 1.807) is 23.3 Å². The van der Waals surface area contributed by atoms with Gasteiger partial charge in [-0.25, -0.2) is 12.2 Å². The van der Waals surface area contributed by atoms with Crippen LogP contribution in [0, 0.1) is 27.9 Å². The molecule has 144 valence electrons. The molecule has 3 aliphatic rings. The van der Waals surface area contributed by atoms with Crippen LogP contribution in [-0.4, -0.2) is 11.0 Å². The second-order valence-corrected chi connectivity index (χ2v) is 7.74. The van der Waals surface area contributed by atoms with Gasteiger partial charge in [-0.3, -0.25) is 6.08 Å². The molecule has 4 rings (SSSR count). The van der Waals surface area contributed by atoms with Gasteiger partial charge in [0.05, 0.1) is 4.16 Å². The van der Waals surface area contributed by atoms with Gasteiger partial charge < -0.3 is 14.9 Å². The van der Waals surface area contributed by atoms with E-state index in [1.807, 2.05) is 30.8 Å². The zero-order valence-electron chi connectivity index (χ0n) is 15.6. The first-order valence-corrected chi connectivity index (χ1v) is 14.7. The predicted molar refractivity (Wildman–Crippen MR) is 128 cm³/mol. The number of alkyl halides is 1. The zero-order chi connectivity index (χ0) is 16.1. The van der Waals surface area contributed by atoms with E-state index in [9.17, 15) is 0 Å². The average Bonchev–Trinajstić information content (AvgIpc) is 3.22. The number of halogens is 3. The van der Waals surface area contributed by atoms with Crippen LogP contribution < -0.4 is 10.4 Å². The van der Waals surface area contributed by atoms with Gasteiger partial charge in [-0.2, -0.15) is 17.4 Å². The Morgan fingerprint density at radius 1 is 1.23 bits per heavy atom. The van der Waals surface area contributed by atoms with Crippen LogP contribution in [0.5, 0.6) is 0 Å². The third kappa shape index (κ3) is 7.97. The first-order valence-electron chi connectivity index (χ1n) is 7.01. The number of benzene rings is 1. The molecule has 0 saturated carbocycles. The zero-order valence-corrected chi connectivity index (χ0v) is 23.5. The second-order valence-electron chi connectivity index (χ2n) is 4.97. The van der Waals surface area contributed by atoms with E-state index in [2.05, 4.69) is 66.2 Å². The van der Waals surface area contributed by atoms with E-state index >= 15 is 0 Å². The first kappa shape index (κ1) is 31.4. The fourth-order valence-corrected chi connectivity index (χ4v) is 4.35. The molecule has 0 fully saturated rings. The van der Waals surface area contributed by atoms with Gasteiger partial charge >= 0.3 is 30.2 Å². The fourth-order valence-electron chi connectivity index (χ4n) is 2.50. The van der Waals surface area contributed by atoms with Crippen molar-refractivity contribution in [2.24, 2.45) is 0 Å². The van der Waals surface area contributed by atoms with Crippen LogP contribution in [0.25, 0.3) is 18.2 Å². The van der Waals surface area contributed by atoms with Crippen LogP contribution >= 0.6 is 52.5 Å². The topological polar surface area (TPSA) is 0 Å². The molecule has 0 radical (unpaired) electrons. The molecule has 1 unspecified atom stereocenters. The molecule has 26 heavy (non-hydrogen) atoms. The summed E-state index contributed by atoms with van der Waals surface area (Å²) in [4.78, 5) is 1.38. The van der Waals surface area contributed by atoms with Crippen LogP contribution in [0.3, 0.4) is 0 Å². The Balaban J connectivity index is -0.000000420. The summed E-state index contributed by atoms with van der Waals surface area (Å²) in [6, 6.07) is 2.26. The molecule has 1 aromatic rings. The summed E-state index contributed by atoms with van der Waals surface area (Å²) in [6.07, 6.45) is 17.9. The van der Waals surface area contributed by atoms with E-state index in [4.69, 9.17) is 0 Å². The van der Waals surface area contributed by atoms with Crippen LogP contribution in [0.4, 0.5) is 0 Å². The summed E-state index contributed by atoms with van der Waals surface area (Å²) in [5.41, 5.74) is 3.98. The summed E-state index contributed by atoms with van der Waals surface area (Å²) < 4.78 is 0.429. The Bertz CT molecular complexity index is 778. The maximum atomic E-state index is 3.63. The third-order valence-electron chi connectivity index (χ3n) is 3.45. The second kappa shape index (κ2) is 15.6. The molecule has 0 nitrogen and oxygen atoms in total. The molecular formula is C20H25BrCl2SSiZr-4. The van der Waals surface area contributed by atoms with E-state index < -0.39 is 0 Å². The van der Waals surface area contributed by atoms with Crippen molar-refractivity contribution in [2.45, 2.75) is 29.3 Å². The maximum absolute atomic E-state index is 3.63. The Kier molecular flexibility index (Phi) is 18.8. The molecule has 1 aromatic carbocycles. The number of hydrogen-bond donors (Lipinski definition) is 0. The van der Waals surface area contributed by atoms with E-state index in [0.29, 0.717) is 4.16 Å². The predicted octanol–water partition coefficient (Wildman–Crippen LogP) is 4.81. The van der Waals surface area contributed by atoms with Crippen LogP contribution in [0.15, 0.2) is 34.8 Å². The van der Waals surface area contributed by atoms with Crippen molar-refractivity contribution >= 4 is 77.6 Å². The molecule has 0 spiro atoms. The number of allylic oxidation sites excluding steroid dienone is 5. The van der Waals surface area contributed by atoms with Crippen molar-refractivity contribution < 1.29 is 23.3 Å². The third-order valence-corrected chi connectivity index (χ3v) is 5.23. The Morgan fingerprint density at radius 3 is 2.38 bits per heavy atom.